The third kappa shape index (κ3) is 6.80. The highest BCUT2D eigenvalue weighted by Gasteiger charge is 2.29. The lowest BCUT2D eigenvalue weighted by Crippen LogP contribution is -2.42. The highest BCUT2D eigenvalue weighted by molar-refractivity contribution is 7.92. The molecule has 0 saturated carbocycles. The Hall–Kier alpha value is -3.03. The number of aryl methyl sites for hydroxylation is 2. The quantitative estimate of drug-likeness (QED) is 0.347. The summed E-state index contributed by atoms with van der Waals surface area (Å²) in [6, 6.07) is 18.8. The number of rotatable bonds is 10. The van der Waals surface area contributed by atoms with Crippen molar-refractivity contribution in [3.8, 4) is 5.75 Å². The third-order valence-corrected chi connectivity index (χ3v) is 7.91. The zero-order chi connectivity index (χ0) is 26.5. The first kappa shape index (κ1) is 27.6. The summed E-state index contributed by atoms with van der Waals surface area (Å²) >= 11 is 6.23. The fourth-order valence-corrected chi connectivity index (χ4v) is 5.59. The summed E-state index contributed by atoms with van der Waals surface area (Å²) in [7, 11) is -2.44. The number of amides is 1. The van der Waals surface area contributed by atoms with Crippen LogP contribution in [0.25, 0.3) is 0 Å². The summed E-state index contributed by atoms with van der Waals surface area (Å²) in [6.45, 7) is 7.44. The molecule has 0 fully saturated rings. The third-order valence-electron chi connectivity index (χ3n) is 5.90. The van der Waals surface area contributed by atoms with Crippen LogP contribution in [0.15, 0.2) is 71.6 Å². The summed E-state index contributed by atoms with van der Waals surface area (Å²) < 4.78 is 33.9. The summed E-state index contributed by atoms with van der Waals surface area (Å²) in [6.07, 6.45) is 0.693. The van der Waals surface area contributed by atoms with Crippen LogP contribution < -0.4 is 14.4 Å². The first-order valence-electron chi connectivity index (χ1n) is 11.8. The first-order valence-corrected chi connectivity index (χ1v) is 13.6. The van der Waals surface area contributed by atoms with E-state index in [0.29, 0.717) is 28.6 Å². The lowest BCUT2D eigenvalue weighted by Gasteiger charge is -2.28. The summed E-state index contributed by atoms with van der Waals surface area (Å²) in [4.78, 5) is 13.5. The predicted molar refractivity (Wildman–Crippen MR) is 145 cm³/mol. The number of nitrogens with one attached hydrogen (secondary N) is 1. The van der Waals surface area contributed by atoms with Gasteiger partial charge in [0.25, 0.3) is 10.0 Å². The molecule has 0 aliphatic rings. The van der Waals surface area contributed by atoms with Crippen LogP contribution in [-0.4, -0.2) is 28.0 Å². The molecular weight excluding hydrogens is 496 g/mol. The number of ether oxygens (including phenoxy) is 1. The van der Waals surface area contributed by atoms with Crippen molar-refractivity contribution < 1.29 is 17.9 Å². The number of nitrogens with zero attached hydrogens (tertiary/aromatic N) is 1. The summed E-state index contributed by atoms with van der Waals surface area (Å²) in [5, 5.41) is 3.44. The number of methoxy groups -OCH3 is 1. The molecule has 3 aromatic rings. The minimum atomic E-state index is -4.04. The molecule has 6 nitrogen and oxygen atoms in total. The average molecular weight is 529 g/mol. The van der Waals surface area contributed by atoms with Crippen LogP contribution in [0.5, 0.6) is 5.75 Å². The Bertz CT molecular complexity index is 1290. The van der Waals surface area contributed by atoms with Crippen LogP contribution in [0.2, 0.25) is 5.02 Å². The Morgan fingerprint density at radius 2 is 1.64 bits per heavy atom. The van der Waals surface area contributed by atoms with Gasteiger partial charge >= 0.3 is 0 Å². The fraction of sp³-hybridized carbons (Fsp3) is 0.321. The van der Waals surface area contributed by atoms with Crippen LogP contribution in [0, 0.1) is 19.8 Å². The van der Waals surface area contributed by atoms with E-state index in [4.69, 9.17) is 16.3 Å². The van der Waals surface area contributed by atoms with Gasteiger partial charge in [0.2, 0.25) is 5.91 Å². The van der Waals surface area contributed by atoms with Crippen LogP contribution in [0.1, 0.15) is 43.0 Å². The number of benzene rings is 3. The zero-order valence-electron chi connectivity index (χ0n) is 21.3. The van der Waals surface area contributed by atoms with E-state index < -0.39 is 15.9 Å². The van der Waals surface area contributed by atoms with Crippen LogP contribution in [0.4, 0.5) is 5.69 Å². The number of hydrogen-bond donors (Lipinski definition) is 1. The number of carbonyl (C=O) groups excluding carboxylic acids is 1. The smallest absolute Gasteiger partial charge is 0.264 e. The lowest BCUT2D eigenvalue weighted by molar-refractivity contribution is -0.120. The minimum absolute atomic E-state index is 0.106. The number of hydrogen-bond acceptors (Lipinski definition) is 4. The second-order valence-electron chi connectivity index (χ2n) is 9.28. The Morgan fingerprint density at radius 1 is 1.00 bits per heavy atom. The first-order chi connectivity index (χ1) is 17.0. The van der Waals surface area contributed by atoms with E-state index >= 15 is 0 Å². The Kier molecular flexibility index (Phi) is 9.03. The molecule has 36 heavy (non-hydrogen) atoms. The summed E-state index contributed by atoms with van der Waals surface area (Å²) in [5.74, 6) is 0.617. The standard InChI is InChI=1S/C28H33ClN2O4S/c1-19(2)16-26(22-9-12-24(35-5)13-10-22)30-28(32)18-31(27-17-23(29)11-8-21(27)4)36(33,34)25-14-6-20(3)7-15-25/h6-15,17,19,26H,16,18H2,1-5H3,(H,30,32)/t26-/m1/s1. The van der Waals surface area contributed by atoms with Gasteiger partial charge in [0, 0.05) is 5.02 Å². The maximum absolute atomic E-state index is 13.7. The minimum Gasteiger partial charge on any atom is -0.497 e. The molecule has 3 aromatic carbocycles. The molecule has 1 amide bonds. The highest BCUT2D eigenvalue weighted by Crippen LogP contribution is 2.30. The zero-order valence-corrected chi connectivity index (χ0v) is 22.9. The van der Waals surface area contributed by atoms with Crippen molar-refractivity contribution in [2.75, 3.05) is 18.0 Å². The van der Waals surface area contributed by atoms with Crippen LogP contribution >= 0.6 is 11.6 Å². The number of carbonyl (C=O) groups is 1. The maximum Gasteiger partial charge on any atom is 0.264 e. The van der Waals surface area contributed by atoms with E-state index in [1.807, 2.05) is 31.2 Å². The fourth-order valence-electron chi connectivity index (χ4n) is 3.94. The molecule has 3 rings (SSSR count). The van der Waals surface area contributed by atoms with E-state index in [1.54, 1.807) is 56.5 Å². The van der Waals surface area contributed by atoms with Crippen molar-refractivity contribution in [1.82, 2.24) is 5.32 Å². The van der Waals surface area contributed by atoms with Crippen molar-refractivity contribution in [2.24, 2.45) is 5.92 Å². The van der Waals surface area contributed by atoms with Crippen molar-refractivity contribution in [3.63, 3.8) is 0 Å². The molecule has 8 heteroatoms. The number of anilines is 1. The average Bonchev–Trinajstić information content (AvgIpc) is 2.84. The van der Waals surface area contributed by atoms with E-state index in [0.717, 1.165) is 21.2 Å². The summed E-state index contributed by atoms with van der Waals surface area (Å²) in [5.41, 5.74) is 2.91. The van der Waals surface area contributed by atoms with Gasteiger partial charge in [-0.3, -0.25) is 9.10 Å². The molecule has 1 atom stereocenters. The molecule has 0 unspecified atom stereocenters. The normalized spacial score (nSPS) is 12.3. The Morgan fingerprint density at radius 3 is 2.22 bits per heavy atom. The van der Waals surface area contributed by atoms with Gasteiger partial charge < -0.3 is 10.1 Å². The second kappa shape index (κ2) is 11.8. The molecule has 0 aliphatic heterocycles. The molecule has 0 spiro atoms. The van der Waals surface area contributed by atoms with Gasteiger partial charge in [0.05, 0.1) is 23.7 Å². The topological polar surface area (TPSA) is 75.7 Å². The Balaban J connectivity index is 1.96. The second-order valence-corrected chi connectivity index (χ2v) is 11.6. The van der Waals surface area contributed by atoms with Crippen LogP contribution in [0.3, 0.4) is 0 Å². The highest BCUT2D eigenvalue weighted by atomic mass is 35.5. The van der Waals surface area contributed by atoms with Crippen molar-refractivity contribution in [2.45, 2.75) is 45.1 Å². The molecule has 0 bridgehead atoms. The molecule has 0 aliphatic carbocycles. The van der Waals surface area contributed by atoms with Gasteiger partial charge in [-0.25, -0.2) is 8.42 Å². The van der Waals surface area contributed by atoms with E-state index in [9.17, 15) is 13.2 Å². The van der Waals surface area contributed by atoms with E-state index in [1.165, 1.54) is 0 Å². The SMILES string of the molecule is COc1ccc([C@@H](CC(C)C)NC(=O)CN(c2cc(Cl)ccc2C)S(=O)(=O)c2ccc(C)cc2)cc1. The van der Waals surface area contributed by atoms with Gasteiger partial charge in [-0.05, 0) is 73.7 Å². The molecule has 1 N–H and O–H groups in total. The largest absolute Gasteiger partial charge is 0.497 e. The van der Waals surface area contributed by atoms with Crippen LogP contribution in [-0.2, 0) is 14.8 Å². The number of sulfonamides is 1. The van der Waals surface area contributed by atoms with E-state index in [2.05, 4.69) is 19.2 Å². The molecule has 0 aromatic heterocycles. The monoisotopic (exact) mass is 528 g/mol. The Labute approximate surface area is 219 Å². The molecule has 0 saturated heterocycles. The molecule has 0 heterocycles. The number of halogens is 1. The van der Waals surface area contributed by atoms with Crippen molar-refractivity contribution in [3.05, 3.63) is 88.4 Å². The lowest BCUT2D eigenvalue weighted by atomic mass is 9.97. The van der Waals surface area contributed by atoms with Crippen molar-refractivity contribution in [1.29, 1.82) is 0 Å². The van der Waals surface area contributed by atoms with Gasteiger partial charge in [-0.1, -0.05) is 61.3 Å². The van der Waals surface area contributed by atoms with Gasteiger partial charge in [-0.2, -0.15) is 0 Å². The molecule has 192 valence electrons. The van der Waals surface area contributed by atoms with Gasteiger partial charge in [-0.15, -0.1) is 0 Å². The van der Waals surface area contributed by atoms with E-state index in [-0.39, 0.29) is 17.5 Å². The molecular formula is C28H33ClN2O4S. The van der Waals surface area contributed by atoms with Gasteiger partial charge in [0.15, 0.2) is 0 Å². The van der Waals surface area contributed by atoms with Gasteiger partial charge in [0.1, 0.15) is 12.3 Å². The molecule has 0 radical (unpaired) electrons. The maximum atomic E-state index is 13.7. The van der Waals surface area contributed by atoms with Crippen molar-refractivity contribution >= 4 is 33.2 Å². The predicted octanol–water partition coefficient (Wildman–Crippen LogP) is 6.06.